The van der Waals surface area contributed by atoms with Gasteiger partial charge in [0, 0.05) is 37.7 Å². The summed E-state index contributed by atoms with van der Waals surface area (Å²) >= 11 is 0. The summed E-state index contributed by atoms with van der Waals surface area (Å²) in [5.41, 5.74) is 2.94. The molecule has 0 unspecified atom stereocenters. The lowest BCUT2D eigenvalue weighted by Gasteiger charge is -2.13. The fourth-order valence-electron chi connectivity index (χ4n) is 2.32. The van der Waals surface area contributed by atoms with E-state index in [1.54, 1.807) is 7.11 Å². The van der Waals surface area contributed by atoms with Crippen LogP contribution in [0.15, 0.2) is 6.07 Å². The number of amides is 1. The Morgan fingerprint density at radius 2 is 2.11 bits per heavy atom. The van der Waals surface area contributed by atoms with E-state index in [4.69, 9.17) is 4.74 Å². The second kappa shape index (κ2) is 6.59. The van der Waals surface area contributed by atoms with Gasteiger partial charge in [0.25, 0.3) is 5.91 Å². The van der Waals surface area contributed by atoms with E-state index in [-0.39, 0.29) is 5.91 Å². The van der Waals surface area contributed by atoms with Crippen molar-refractivity contribution in [1.82, 2.24) is 9.88 Å². The SMILES string of the molecule is COCCCNC(=O)c1cc(C)n(C(C)C)c1C. The zero-order valence-corrected chi connectivity index (χ0v) is 12.0. The fraction of sp³-hybridized carbons (Fsp3) is 0.643. The number of ether oxygens (including phenoxy) is 1. The maximum absolute atomic E-state index is 12.1. The Labute approximate surface area is 109 Å². The maximum Gasteiger partial charge on any atom is 0.253 e. The minimum Gasteiger partial charge on any atom is -0.385 e. The van der Waals surface area contributed by atoms with E-state index < -0.39 is 0 Å². The summed E-state index contributed by atoms with van der Waals surface area (Å²) in [4.78, 5) is 12.1. The van der Waals surface area contributed by atoms with E-state index >= 15 is 0 Å². The van der Waals surface area contributed by atoms with Gasteiger partial charge in [-0.05, 0) is 40.2 Å². The van der Waals surface area contributed by atoms with Crippen LogP contribution in [0.25, 0.3) is 0 Å². The van der Waals surface area contributed by atoms with E-state index in [1.165, 1.54) is 0 Å². The Balaban J connectivity index is 2.72. The zero-order chi connectivity index (χ0) is 13.7. The van der Waals surface area contributed by atoms with Crippen molar-refractivity contribution in [2.24, 2.45) is 0 Å². The molecule has 0 aliphatic heterocycles. The van der Waals surface area contributed by atoms with Gasteiger partial charge in [0.1, 0.15) is 0 Å². The number of nitrogens with zero attached hydrogens (tertiary/aromatic N) is 1. The van der Waals surface area contributed by atoms with Gasteiger partial charge >= 0.3 is 0 Å². The first kappa shape index (κ1) is 14.8. The number of nitrogens with one attached hydrogen (secondary N) is 1. The van der Waals surface area contributed by atoms with Crippen molar-refractivity contribution in [2.75, 3.05) is 20.3 Å². The largest absolute Gasteiger partial charge is 0.385 e. The number of aromatic nitrogens is 1. The van der Waals surface area contributed by atoms with Crippen molar-refractivity contribution in [3.8, 4) is 0 Å². The summed E-state index contributed by atoms with van der Waals surface area (Å²) in [6, 6.07) is 2.33. The number of hydrogen-bond donors (Lipinski definition) is 1. The van der Waals surface area contributed by atoms with Gasteiger partial charge in [-0.2, -0.15) is 0 Å². The maximum atomic E-state index is 12.1. The van der Waals surface area contributed by atoms with Gasteiger partial charge in [-0.15, -0.1) is 0 Å². The molecular weight excluding hydrogens is 228 g/mol. The van der Waals surface area contributed by atoms with Crippen molar-refractivity contribution in [2.45, 2.75) is 40.2 Å². The molecule has 1 rings (SSSR count). The summed E-state index contributed by atoms with van der Waals surface area (Å²) in [5, 5.41) is 2.92. The smallest absolute Gasteiger partial charge is 0.253 e. The summed E-state index contributed by atoms with van der Waals surface area (Å²) < 4.78 is 7.14. The topological polar surface area (TPSA) is 43.3 Å². The zero-order valence-electron chi connectivity index (χ0n) is 12.0. The van der Waals surface area contributed by atoms with Gasteiger partial charge < -0.3 is 14.6 Å². The summed E-state index contributed by atoms with van der Waals surface area (Å²) in [7, 11) is 1.66. The third-order valence-corrected chi connectivity index (χ3v) is 3.06. The highest BCUT2D eigenvalue weighted by Crippen LogP contribution is 2.19. The van der Waals surface area contributed by atoms with Crippen molar-refractivity contribution in [3.05, 3.63) is 23.0 Å². The molecule has 4 nitrogen and oxygen atoms in total. The lowest BCUT2D eigenvalue weighted by atomic mass is 10.2. The van der Waals surface area contributed by atoms with E-state index in [0.29, 0.717) is 19.2 Å². The van der Waals surface area contributed by atoms with Gasteiger partial charge in [-0.25, -0.2) is 0 Å². The van der Waals surface area contributed by atoms with Crippen molar-refractivity contribution < 1.29 is 9.53 Å². The van der Waals surface area contributed by atoms with Crippen molar-refractivity contribution in [1.29, 1.82) is 0 Å². The second-order valence-corrected chi connectivity index (χ2v) is 4.85. The van der Waals surface area contributed by atoms with Crippen LogP contribution in [0.4, 0.5) is 0 Å². The van der Waals surface area contributed by atoms with Crippen LogP contribution < -0.4 is 5.32 Å². The highest BCUT2D eigenvalue weighted by atomic mass is 16.5. The van der Waals surface area contributed by atoms with Gasteiger partial charge in [0.15, 0.2) is 0 Å². The lowest BCUT2D eigenvalue weighted by Crippen LogP contribution is -2.25. The Bertz CT molecular complexity index is 408. The van der Waals surface area contributed by atoms with E-state index in [0.717, 1.165) is 23.4 Å². The van der Waals surface area contributed by atoms with Gasteiger partial charge in [0.2, 0.25) is 0 Å². The molecule has 0 spiro atoms. The monoisotopic (exact) mass is 252 g/mol. The minimum absolute atomic E-state index is 0.00565. The van der Waals surface area contributed by atoms with Crippen LogP contribution in [0.1, 0.15) is 48.1 Å². The fourth-order valence-corrected chi connectivity index (χ4v) is 2.32. The standard InChI is InChI=1S/C14H24N2O2/c1-10(2)16-11(3)9-13(12(16)4)14(17)15-7-6-8-18-5/h9-10H,6-8H2,1-5H3,(H,15,17). The van der Waals surface area contributed by atoms with Crippen molar-refractivity contribution in [3.63, 3.8) is 0 Å². The van der Waals surface area contributed by atoms with Gasteiger partial charge in [-0.3, -0.25) is 4.79 Å². The predicted molar refractivity (Wildman–Crippen MR) is 73.1 cm³/mol. The van der Waals surface area contributed by atoms with E-state index in [2.05, 4.69) is 23.7 Å². The molecule has 4 heteroatoms. The first-order valence-corrected chi connectivity index (χ1v) is 6.44. The first-order valence-electron chi connectivity index (χ1n) is 6.44. The third kappa shape index (κ3) is 3.35. The highest BCUT2D eigenvalue weighted by molar-refractivity contribution is 5.95. The summed E-state index contributed by atoms with van der Waals surface area (Å²) in [6.07, 6.45) is 0.838. The van der Waals surface area contributed by atoms with Gasteiger partial charge in [-0.1, -0.05) is 0 Å². The molecule has 102 valence electrons. The average Bonchev–Trinajstić information content (AvgIpc) is 2.60. The molecule has 0 atom stereocenters. The van der Waals surface area contributed by atoms with Crippen LogP contribution in [0, 0.1) is 13.8 Å². The molecule has 18 heavy (non-hydrogen) atoms. The van der Waals surface area contributed by atoms with Crippen molar-refractivity contribution >= 4 is 5.91 Å². The Morgan fingerprint density at radius 3 is 2.61 bits per heavy atom. The normalized spacial score (nSPS) is 11.0. The van der Waals surface area contributed by atoms with E-state index in [9.17, 15) is 4.79 Å². The molecule has 0 bridgehead atoms. The van der Waals surface area contributed by atoms with E-state index in [1.807, 2.05) is 19.9 Å². The van der Waals surface area contributed by atoms with Crippen LogP contribution in [0.2, 0.25) is 0 Å². The summed E-state index contributed by atoms with van der Waals surface area (Å²) in [5.74, 6) is 0.00565. The molecule has 0 saturated heterocycles. The van der Waals surface area contributed by atoms with Gasteiger partial charge in [0.05, 0.1) is 5.56 Å². The molecule has 0 radical (unpaired) electrons. The third-order valence-electron chi connectivity index (χ3n) is 3.06. The molecule has 1 aromatic heterocycles. The second-order valence-electron chi connectivity index (χ2n) is 4.85. The Kier molecular flexibility index (Phi) is 5.41. The molecule has 1 amide bonds. The number of hydrogen-bond acceptors (Lipinski definition) is 2. The Hall–Kier alpha value is -1.29. The number of carbonyl (C=O) groups is 1. The van der Waals surface area contributed by atoms with Crippen LogP contribution >= 0.6 is 0 Å². The molecular formula is C14H24N2O2. The number of carbonyl (C=O) groups excluding carboxylic acids is 1. The Morgan fingerprint density at radius 1 is 1.44 bits per heavy atom. The predicted octanol–water partition coefficient (Wildman–Crippen LogP) is 2.45. The number of aryl methyl sites for hydroxylation is 1. The minimum atomic E-state index is 0.00565. The van der Waals surface area contributed by atoms with Crippen LogP contribution in [0.5, 0.6) is 0 Å². The lowest BCUT2D eigenvalue weighted by molar-refractivity contribution is 0.0948. The van der Waals surface area contributed by atoms with Crippen LogP contribution in [-0.2, 0) is 4.74 Å². The summed E-state index contributed by atoms with van der Waals surface area (Å²) in [6.45, 7) is 9.61. The molecule has 0 saturated carbocycles. The molecule has 1 N–H and O–H groups in total. The van der Waals surface area contributed by atoms with Crippen LogP contribution in [-0.4, -0.2) is 30.7 Å². The number of rotatable bonds is 6. The van der Waals surface area contributed by atoms with Crippen LogP contribution in [0.3, 0.4) is 0 Å². The molecule has 0 fully saturated rings. The quantitative estimate of drug-likeness (QED) is 0.790. The first-order chi connectivity index (χ1) is 8.49. The number of methoxy groups -OCH3 is 1. The molecule has 0 aromatic carbocycles. The molecule has 1 heterocycles. The highest BCUT2D eigenvalue weighted by Gasteiger charge is 2.16. The molecule has 0 aliphatic rings. The average molecular weight is 252 g/mol. The molecule has 0 aliphatic carbocycles. The molecule has 1 aromatic rings.